The van der Waals surface area contributed by atoms with Gasteiger partial charge in [-0.15, -0.1) is 16.4 Å². The Bertz CT molecular complexity index is 1950. The Labute approximate surface area is 250 Å². The maximum Gasteiger partial charge on any atom is 0.262 e. The van der Waals surface area contributed by atoms with Crippen LogP contribution in [0.4, 0.5) is 10.2 Å². The number of amides is 1. The molecule has 1 unspecified atom stereocenters. The van der Waals surface area contributed by atoms with Crippen LogP contribution in [0.25, 0.3) is 37.4 Å². The number of aliphatic hydroxyl groups excluding tert-OH is 1. The highest BCUT2D eigenvalue weighted by Gasteiger charge is 2.32. The van der Waals surface area contributed by atoms with E-state index in [1.54, 1.807) is 53.8 Å². The van der Waals surface area contributed by atoms with Crippen molar-refractivity contribution in [3.63, 3.8) is 0 Å². The molecule has 4 aromatic heterocycles. The predicted octanol–water partition coefficient (Wildman–Crippen LogP) is 5.68. The van der Waals surface area contributed by atoms with E-state index in [0.717, 1.165) is 45.5 Å². The number of benzene rings is 2. The number of aliphatic hydroxyl groups is 1. The fraction of sp³-hybridized carbons (Fsp3) is 0.219. The summed E-state index contributed by atoms with van der Waals surface area (Å²) in [6.45, 7) is 3.18. The summed E-state index contributed by atoms with van der Waals surface area (Å²) in [6.07, 6.45) is 4.44. The van der Waals surface area contributed by atoms with E-state index in [9.17, 15) is 9.90 Å². The number of rotatable bonds is 6. The summed E-state index contributed by atoms with van der Waals surface area (Å²) in [5.41, 5.74) is 3.31. The van der Waals surface area contributed by atoms with Crippen LogP contribution in [0.15, 0.2) is 79.1 Å². The molecule has 0 aliphatic carbocycles. The van der Waals surface area contributed by atoms with E-state index < -0.39 is 17.8 Å². The van der Waals surface area contributed by atoms with Gasteiger partial charge in [0.15, 0.2) is 5.65 Å². The number of pyridine rings is 2. The third-order valence-corrected chi connectivity index (χ3v) is 8.97. The quantitative estimate of drug-likeness (QED) is 0.256. The number of thiophene rings is 1. The van der Waals surface area contributed by atoms with Gasteiger partial charge in [-0.2, -0.15) is 4.68 Å². The summed E-state index contributed by atoms with van der Waals surface area (Å²) >= 11 is 1.60. The van der Waals surface area contributed by atoms with Gasteiger partial charge in [0.25, 0.3) is 5.91 Å². The second-order valence-electron chi connectivity index (χ2n) is 10.6. The van der Waals surface area contributed by atoms with Crippen molar-refractivity contribution in [1.82, 2.24) is 30.3 Å². The molecule has 9 nitrogen and oxygen atoms in total. The van der Waals surface area contributed by atoms with Crippen molar-refractivity contribution in [3.05, 3.63) is 96.1 Å². The van der Waals surface area contributed by atoms with Crippen molar-refractivity contribution < 1.29 is 14.3 Å². The maximum absolute atomic E-state index is 15.8. The summed E-state index contributed by atoms with van der Waals surface area (Å²) < 4.78 is 18.2. The molecule has 1 fully saturated rings. The number of hydrogen-bond acceptors (Lipinski definition) is 8. The van der Waals surface area contributed by atoms with Crippen LogP contribution in [0.5, 0.6) is 0 Å². The molecular weight excluding hydrogens is 565 g/mol. The van der Waals surface area contributed by atoms with Crippen LogP contribution in [-0.2, 0) is 0 Å². The predicted molar refractivity (Wildman–Crippen MR) is 165 cm³/mol. The van der Waals surface area contributed by atoms with E-state index in [1.165, 1.54) is 16.8 Å². The Morgan fingerprint density at radius 1 is 1.12 bits per heavy atom. The lowest BCUT2D eigenvalue weighted by molar-refractivity contribution is 0.0968. The highest BCUT2D eigenvalue weighted by atomic mass is 32.1. The Morgan fingerprint density at radius 3 is 2.74 bits per heavy atom. The Morgan fingerprint density at radius 2 is 1.98 bits per heavy atom. The molecule has 1 amide bonds. The van der Waals surface area contributed by atoms with Gasteiger partial charge in [-0.25, -0.2) is 14.4 Å². The van der Waals surface area contributed by atoms with Crippen molar-refractivity contribution >= 4 is 44.3 Å². The van der Waals surface area contributed by atoms with Gasteiger partial charge >= 0.3 is 0 Å². The van der Waals surface area contributed by atoms with Crippen LogP contribution in [0, 0.1) is 5.82 Å². The van der Waals surface area contributed by atoms with Crippen molar-refractivity contribution in [2.24, 2.45) is 0 Å². The minimum absolute atomic E-state index is 0.0466. The van der Waals surface area contributed by atoms with Gasteiger partial charge in [-0.3, -0.25) is 9.69 Å². The largest absolute Gasteiger partial charge is 0.389 e. The second-order valence-corrected chi connectivity index (χ2v) is 11.7. The Balaban J connectivity index is 1.28. The second kappa shape index (κ2) is 11.3. The number of nitrogens with one attached hydrogen (secondary N) is 1. The molecule has 6 aromatic rings. The van der Waals surface area contributed by atoms with Gasteiger partial charge in [0.05, 0.1) is 23.4 Å². The van der Waals surface area contributed by atoms with E-state index in [2.05, 4.69) is 20.6 Å². The standard InChI is InChI=1S/C32H28FN7O2S/c1-19(41)20-6-8-21(9-7-20)29-17-25-28(43-29)12-15-36-30(25)39(23-4-2-13-34-18-23)32(42)24-11-10-22(16-26(24)33)40-31-27(37-38-40)5-3-14-35-31/h3,5-12,14-17,19,23,34,41H,2,4,13,18H2,1H3/t19?,23-/m1/s1. The molecule has 2 atom stereocenters. The van der Waals surface area contributed by atoms with Crippen LogP contribution >= 0.6 is 11.3 Å². The van der Waals surface area contributed by atoms with Gasteiger partial charge in [-0.1, -0.05) is 29.5 Å². The number of piperidine rings is 1. The SMILES string of the molecule is CC(O)c1ccc(-c2cc3c(N(C(=O)c4ccc(-n5nnc6cccnc65)cc4F)[C@@H]4CCCNC4)nccc3s2)cc1. The third-order valence-electron chi connectivity index (χ3n) is 7.82. The first-order valence-corrected chi connectivity index (χ1v) is 15.0. The number of anilines is 1. The zero-order valence-electron chi connectivity index (χ0n) is 23.3. The smallest absolute Gasteiger partial charge is 0.262 e. The highest BCUT2D eigenvalue weighted by Crippen LogP contribution is 2.39. The fourth-order valence-electron chi connectivity index (χ4n) is 5.58. The number of carbonyl (C=O) groups excluding carboxylic acids is 1. The average Bonchev–Trinajstić information content (AvgIpc) is 3.67. The van der Waals surface area contributed by atoms with Gasteiger partial charge in [0.2, 0.25) is 0 Å². The first-order chi connectivity index (χ1) is 21.0. The molecule has 0 radical (unpaired) electrons. The number of carbonyl (C=O) groups is 1. The first kappa shape index (κ1) is 27.3. The molecule has 0 saturated carbocycles. The molecule has 216 valence electrons. The lowest BCUT2D eigenvalue weighted by Crippen LogP contribution is -2.49. The van der Waals surface area contributed by atoms with Gasteiger partial charge in [0, 0.05) is 40.0 Å². The normalized spacial score (nSPS) is 16.0. The van der Waals surface area contributed by atoms with Crippen LogP contribution in [0.1, 0.15) is 41.8 Å². The lowest BCUT2D eigenvalue weighted by Gasteiger charge is -2.34. The molecule has 1 aliphatic rings. The minimum Gasteiger partial charge on any atom is -0.389 e. The van der Waals surface area contributed by atoms with Gasteiger partial charge in [-0.05, 0) is 73.8 Å². The molecule has 0 spiro atoms. The van der Waals surface area contributed by atoms with Crippen LogP contribution in [-0.4, -0.2) is 55.1 Å². The van der Waals surface area contributed by atoms with Crippen molar-refractivity contribution in [1.29, 1.82) is 0 Å². The molecule has 5 heterocycles. The zero-order valence-corrected chi connectivity index (χ0v) is 24.1. The molecule has 2 N–H and O–H groups in total. The average molecular weight is 594 g/mol. The summed E-state index contributed by atoms with van der Waals surface area (Å²) in [5.74, 6) is -0.602. The van der Waals surface area contributed by atoms with Crippen LogP contribution < -0.4 is 10.2 Å². The van der Waals surface area contributed by atoms with Crippen molar-refractivity contribution in [2.45, 2.75) is 31.9 Å². The zero-order chi connectivity index (χ0) is 29.5. The van der Waals surface area contributed by atoms with E-state index in [-0.39, 0.29) is 11.6 Å². The Hall–Kier alpha value is -4.58. The Kier molecular flexibility index (Phi) is 7.13. The van der Waals surface area contributed by atoms with Crippen molar-refractivity contribution in [2.75, 3.05) is 18.0 Å². The number of nitrogens with zero attached hydrogens (tertiary/aromatic N) is 6. The molecule has 2 aromatic carbocycles. The molecule has 7 rings (SSSR count). The monoisotopic (exact) mass is 593 g/mol. The number of fused-ring (bicyclic) bond motifs is 2. The number of hydrogen-bond donors (Lipinski definition) is 2. The van der Waals surface area contributed by atoms with Crippen LogP contribution in [0.3, 0.4) is 0 Å². The minimum atomic E-state index is -0.660. The van der Waals surface area contributed by atoms with E-state index in [4.69, 9.17) is 4.98 Å². The topological polar surface area (TPSA) is 109 Å². The maximum atomic E-state index is 15.8. The van der Waals surface area contributed by atoms with Crippen LogP contribution in [0.2, 0.25) is 0 Å². The number of aromatic nitrogens is 5. The third kappa shape index (κ3) is 5.05. The fourth-order valence-corrected chi connectivity index (χ4v) is 6.63. The molecule has 11 heteroatoms. The molecule has 1 saturated heterocycles. The highest BCUT2D eigenvalue weighted by molar-refractivity contribution is 7.22. The van der Waals surface area contributed by atoms with E-state index in [0.29, 0.717) is 29.2 Å². The molecule has 0 bridgehead atoms. The first-order valence-electron chi connectivity index (χ1n) is 14.2. The number of halogens is 1. The van der Waals surface area contributed by atoms with Gasteiger partial charge < -0.3 is 10.4 Å². The lowest BCUT2D eigenvalue weighted by atomic mass is 10.0. The summed E-state index contributed by atoms with van der Waals surface area (Å²) in [7, 11) is 0. The molecule has 43 heavy (non-hydrogen) atoms. The summed E-state index contributed by atoms with van der Waals surface area (Å²) in [4.78, 5) is 25.9. The molecular formula is C32H28FN7O2S. The van der Waals surface area contributed by atoms with E-state index >= 15 is 4.39 Å². The van der Waals surface area contributed by atoms with E-state index in [1.807, 2.05) is 36.4 Å². The summed E-state index contributed by atoms with van der Waals surface area (Å²) in [5, 5.41) is 22.4. The van der Waals surface area contributed by atoms with Crippen molar-refractivity contribution in [3.8, 4) is 16.1 Å². The van der Waals surface area contributed by atoms with Gasteiger partial charge in [0.1, 0.15) is 17.2 Å². The summed E-state index contributed by atoms with van der Waals surface area (Å²) in [6, 6.07) is 19.6. The molecule has 1 aliphatic heterocycles.